The minimum absolute atomic E-state index is 0.00325. The van der Waals surface area contributed by atoms with Crippen LogP contribution in [0.15, 0.2) is 77.7 Å². The number of benzene rings is 3. The van der Waals surface area contributed by atoms with Gasteiger partial charge in [0.1, 0.15) is 18.4 Å². The Morgan fingerprint density at radius 2 is 1.57 bits per heavy atom. The smallest absolute Gasteiger partial charge is 0.264 e. The van der Waals surface area contributed by atoms with Gasteiger partial charge in [0.25, 0.3) is 10.0 Å². The molecule has 0 heterocycles. The lowest BCUT2D eigenvalue weighted by Crippen LogP contribution is -2.53. The minimum Gasteiger partial charge on any atom is -0.352 e. The number of carbonyl (C=O) groups excluding carboxylic acids is 2. The van der Waals surface area contributed by atoms with Gasteiger partial charge < -0.3 is 10.2 Å². The van der Waals surface area contributed by atoms with E-state index in [-0.39, 0.29) is 29.1 Å². The summed E-state index contributed by atoms with van der Waals surface area (Å²) < 4.78 is 42.2. The number of halogens is 2. The fraction of sp³-hybridized carbons (Fsp3) is 0.333. The van der Waals surface area contributed by atoms with Crippen LogP contribution in [0.1, 0.15) is 44.7 Å². The van der Waals surface area contributed by atoms with Gasteiger partial charge in [-0.15, -0.1) is 0 Å². The maximum atomic E-state index is 14.0. The molecule has 7 nitrogen and oxygen atoms in total. The van der Waals surface area contributed by atoms with Gasteiger partial charge in [-0.05, 0) is 74.7 Å². The van der Waals surface area contributed by atoms with Crippen LogP contribution < -0.4 is 9.62 Å². The first-order valence-corrected chi connectivity index (χ1v) is 15.0. The SMILES string of the molecule is CC[C@@H](C)NC(=O)[C@@H](CC)N(Cc1ccccc1Cl)C(=O)CN(c1ccc(C)cc1)S(=O)(=O)c1ccc(F)cc1. The van der Waals surface area contributed by atoms with Gasteiger partial charge in [0.15, 0.2) is 0 Å². The molecule has 40 heavy (non-hydrogen) atoms. The van der Waals surface area contributed by atoms with E-state index in [9.17, 15) is 22.4 Å². The van der Waals surface area contributed by atoms with Crippen LogP contribution >= 0.6 is 11.6 Å². The average Bonchev–Trinajstić information content (AvgIpc) is 2.93. The van der Waals surface area contributed by atoms with E-state index >= 15 is 0 Å². The van der Waals surface area contributed by atoms with Gasteiger partial charge in [0.2, 0.25) is 11.8 Å². The fourth-order valence-corrected chi connectivity index (χ4v) is 5.75. The highest BCUT2D eigenvalue weighted by Crippen LogP contribution is 2.26. The van der Waals surface area contributed by atoms with E-state index in [0.717, 1.165) is 34.1 Å². The molecule has 2 amide bonds. The quantitative estimate of drug-likeness (QED) is 0.294. The molecule has 0 fully saturated rings. The molecule has 3 aromatic carbocycles. The largest absolute Gasteiger partial charge is 0.352 e. The van der Waals surface area contributed by atoms with Crippen molar-refractivity contribution in [2.24, 2.45) is 0 Å². The zero-order valence-corrected chi connectivity index (χ0v) is 24.7. The third kappa shape index (κ3) is 7.61. The van der Waals surface area contributed by atoms with Crippen LogP contribution in [0, 0.1) is 12.7 Å². The van der Waals surface area contributed by atoms with Gasteiger partial charge >= 0.3 is 0 Å². The number of anilines is 1. The van der Waals surface area contributed by atoms with E-state index in [1.54, 1.807) is 55.5 Å². The van der Waals surface area contributed by atoms with Crippen molar-refractivity contribution in [2.75, 3.05) is 10.8 Å². The van der Waals surface area contributed by atoms with Crippen LogP contribution in [0.3, 0.4) is 0 Å². The Morgan fingerprint density at radius 1 is 0.950 bits per heavy atom. The second-order valence-electron chi connectivity index (χ2n) is 9.66. The lowest BCUT2D eigenvalue weighted by Gasteiger charge is -2.34. The Labute approximate surface area is 241 Å². The molecular weight excluding hydrogens is 553 g/mol. The molecule has 3 rings (SSSR count). The molecule has 0 aliphatic carbocycles. The third-order valence-electron chi connectivity index (χ3n) is 6.69. The van der Waals surface area contributed by atoms with Crippen LogP contribution in [0.5, 0.6) is 0 Å². The van der Waals surface area contributed by atoms with Crippen molar-refractivity contribution < 1.29 is 22.4 Å². The average molecular weight is 588 g/mol. The highest BCUT2D eigenvalue weighted by molar-refractivity contribution is 7.92. The van der Waals surface area contributed by atoms with Gasteiger partial charge in [-0.3, -0.25) is 13.9 Å². The number of hydrogen-bond donors (Lipinski definition) is 1. The number of rotatable bonds is 12. The number of nitrogens with zero attached hydrogens (tertiary/aromatic N) is 2. The molecule has 214 valence electrons. The minimum atomic E-state index is -4.28. The molecular formula is C30H35ClFN3O4S. The first-order chi connectivity index (χ1) is 19.0. The van der Waals surface area contributed by atoms with Crippen LogP contribution in [0.4, 0.5) is 10.1 Å². The molecule has 0 aliphatic heterocycles. The zero-order valence-electron chi connectivity index (χ0n) is 23.1. The molecule has 0 saturated heterocycles. The molecule has 0 aliphatic rings. The fourth-order valence-electron chi connectivity index (χ4n) is 4.14. The monoisotopic (exact) mass is 587 g/mol. The van der Waals surface area contributed by atoms with Crippen molar-refractivity contribution in [3.63, 3.8) is 0 Å². The molecule has 0 unspecified atom stereocenters. The molecule has 0 aromatic heterocycles. The topological polar surface area (TPSA) is 86.8 Å². The molecule has 0 saturated carbocycles. The Bertz CT molecular complexity index is 1420. The molecule has 10 heteroatoms. The van der Waals surface area contributed by atoms with Gasteiger partial charge in [-0.1, -0.05) is 61.3 Å². The Kier molecular flexibility index (Phi) is 10.7. The number of carbonyl (C=O) groups is 2. The Balaban J connectivity index is 2.06. The summed E-state index contributed by atoms with van der Waals surface area (Å²) in [6.07, 6.45) is 1.01. The first-order valence-electron chi connectivity index (χ1n) is 13.2. The zero-order chi connectivity index (χ0) is 29.4. The van der Waals surface area contributed by atoms with Gasteiger partial charge in [-0.2, -0.15) is 0 Å². The first kappa shape index (κ1) is 31.1. The predicted molar refractivity (Wildman–Crippen MR) is 156 cm³/mol. The molecule has 0 radical (unpaired) electrons. The standard InChI is InChI=1S/C30H35ClFN3O4S/c1-5-22(4)33-30(37)28(6-2)34(19-23-9-7-8-10-27(23)31)29(36)20-35(25-15-11-21(3)12-16-25)40(38,39)26-17-13-24(32)14-18-26/h7-18,22,28H,5-6,19-20H2,1-4H3,(H,33,37)/t22-,28-/m1/s1. The normalized spacial score (nSPS) is 12.8. The van der Waals surface area contributed by atoms with Crippen LogP contribution in [0.25, 0.3) is 0 Å². The number of sulfonamides is 1. The Hall–Kier alpha value is -3.43. The molecule has 1 N–H and O–H groups in total. The third-order valence-corrected chi connectivity index (χ3v) is 8.84. The number of hydrogen-bond acceptors (Lipinski definition) is 4. The van der Waals surface area contributed by atoms with Gasteiger partial charge in [0.05, 0.1) is 10.6 Å². The van der Waals surface area contributed by atoms with E-state index < -0.39 is 34.3 Å². The maximum Gasteiger partial charge on any atom is 0.264 e. The maximum absolute atomic E-state index is 14.0. The second-order valence-corrected chi connectivity index (χ2v) is 11.9. The van der Waals surface area contributed by atoms with E-state index in [1.807, 2.05) is 20.8 Å². The van der Waals surface area contributed by atoms with Crippen molar-refractivity contribution in [3.8, 4) is 0 Å². The molecule has 0 spiro atoms. The summed E-state index contributed by atoms with van der Waals surface area (Å²) in [6, 6.07) is 17.1. The number of aryl methyl sites for hydroxylation is 1. The highest BCUT2D eigenvalue weighted by Gasteiger charge is 2.34. The lowest BCUT2D eigenvalue weighted by atomic mass is 10.1. The van der Waals surface area contributed by atoms with Crippen LogP contribution in [-0.4, -0.2) is 43.8 Å². The summed E-state index contributed by atoms with van der Waals surface area (Å²) in [7, 11) is -4.28. The summed E-state index contributed by atoms with van der Waals surface area (Å²) in [4.78, 5) is 28.6. The summed E-state index contributed by atoms with van der Waals surface area (Å²) >= 11 is 6.41. The van der Waals surface area contributed by atoms with Crippen molar-refractivity contribution >= 4 is 39.1 Å². The summed E-state index contributed by atoms with van der Waals surface area (Å²) in [5.74, 6) is -1.50. The molecule has 0 bridgehead atoms. The lowest BCUT2D eigenvalue weighted by molar-refractivity contribution is -0.140. The highest BCUT2D eigenvalue weighted by atomic mass is 35.5. The van der Waals surface area contributed by atoms with Gasteiger partial charge in [-0.25, -0.2) is 12.8 Å². The molecule has 2 atom stereocenters. The van der Waals surface area contributed by atoms with Crippen molar-refractivity contribution in [1.82, 2.24) is 10.2 Å². The van der Waals surface area contributed by atoms with Crippen molar-refractivity contribution in [1.29, 1.82) is 0 Å². The number of amides is 2. The van der Waals surface area contributed by atoms with Gasteiger partial charge in [0, 0.05) is 17.6 Å². The van der Waals surface area contributed by atoms with E-state index in [1.165, 1.54) is 4.90 Å². The van der Waals surface area contributed by atoms with E-state index in [0.29, 0.717) is 23.4 Å². The van der Waals surface area contributed by atoms with Crippen LogP contribution in [0.2, 0.25) is 5.02 Å². The number of nitrogens with one attached hydrogen (secondary N) is 1. The predicted octanol–water partition coefficient (Wildman–Crippen LogP) is 5.70. The summed E-state index contributed by atoms with van der Waals surface area (Å²) in [6.45, 7) is 6.89. The van der Waals surface area contributed by atoms with Crippen molar-refractivity contribution in [2.45, 2.75) is 64.1 Å². The second kappa shape index (κ2) is 13.8. The van der Waals surface area contributed by atoms with Crippen LogP contribution in [-0.2, 0) is 26.2 Å². The summed E-state index contributed by atoms with van der Waals surface area (Å²) in [5, 5.41) is 3.36. The summed E-state index contributed by atoms with van der Waals surface area (Å²) in [5.41, 5.74) is 1.79. The molecule has 3 aromatic rings. The van der Waals surface area contributed by atoms with E-state index in [2.05, 4.69) is 5.32 Å². The Morgan fingerprint density at radius 3 is 2.15 bits per heavy atom. The van der Waals surface area contributed by atoms with Crippen molar-refractivity contribution in [3.05, 3.63) is 94.8 Å². The van der Waals surface area contributed by atoms with E-state index in [4.69, 9.17) is 11.6 Å².